The van der Waals surface area contributed by atoms with Crippen molar-refractivity contribution in [2.45, 2.75) is 25.4 Å². The van der Waals surface area contributed by atoms with E-state index >= 15 is 0 Å². The third-order valence-electron chi connectivity index (χ3n) is 3.08. The fourth-order valence-electron chi connectivity index (χ4n) is 2.11. The SMILES string of the molecule is CC1CC(Nc2cccc(Cl)c2)CN1C. The number of anilines is 1. The lowest BCUT2D eigenvalue weighted by Gasteiger charge is -2.14. The minimum Gasteiger partial charge on any atom is -0.381 e. The molecule has 3 heteroatoms. The zero-order valence-electron chi connectivity index (χ0n) is 9.20. The molecule has 1 aliphatic rings. The summed E-state index contributed by atoms with van der Waals surface area (Å²) in [5.41, 5.74) is 1.12. The summed E-state index contributed by atoms with van der Waals surface area (Å²) in [4.78, 5) is 2.38. The van der Waals surface area contributed by atoms with Gasteiger partial charge in [-0.3, -0.25) is 0 Å². The van der Waals surface area contributed by atoms with Crippen LogP contribution >= 0.6 is 11.6 Å². The van der Waals surface area contributed by atoms with E-state index in [-0.39, 0.29) is 0 Å². The normalized spacial score (nSPS) is 26.9. The Bertz CT molecular complexity index is 330. The van der Waals surface area contributed by atoms with Gasteiger partial charge in [0.25, 0.3) is 0 Å². The largest absolute Gasteiger partial charge is 0.381 e. The van der Waals surface area contributed by atoms with Gasteiger partial charge in [0.2, 0.25) is 0 Å². The minimum absolute atomic E-state index is 0.545. The van der Waals surface area contributed by atoms with E-state index in [2.05, 4.69) is 30.3 Å². The number of halogens is 1. The number of hydrogen-bond donors (Lipinski definition) is 1. The third kappa shape index (κ3) is 2.64. The first-order valence-corrected chi connectivity index (χ1v) is 5.75. The van der Waals surface area contributed by atoms with E-state index in [1.165, 1.54) is 6.42 Å². The molecule has 0 aromatic heterocycles. The van der Waals surface area contributed by atoms with Crippen LogP contribution < -0.4 is 5.32 Å². The molecule has 1 N–H and O–H groups in total. The van der Waals surface area contributed by atoms with Gasteiger partial charge in [0.15, 0.2) is 0 Å². The monoisotopic (exact) mass is 224 g/mol. The molecule has 0 radical (unpaired) electrons. The smallest absolute Gasteiger partial charge is 0.0426 e. The van der Waals surface area contributed by atoms with Crippen LogP contribution in [0.25, 0.3) is 0 Å². The summed E-state index contributed by atoms with van der Waals surface area (Å²) in [6.07, 6.45) is 1.20. The Morgan fingerprint density at radius 1 is 1.47 bits per heavy atom. The maximum atomic E-state index is 5.94. The van der Waals surface area contributed by atoms with Gasteiger partial charge in [0.1, 0.15) is 0 Å². The lowest BCUT2D eigenvalue weighted by atomic mass is 10.2. The zero-order valence-corrected chi connectivity index (χ0v) is 9.96. The highest BCUT2D eigenvalue weighted by Gasteiger charge is 2.25. The molecule has 0 amide bonds. The molecule has 0 spiro atoms. The summed E-state index contributed by atoms with van der Waals surface area (Å²) in [5.74, 6) is 0. The Balaban J connectivity index is 1.98. The minimum atomic E-state index is 0.545. The zero-order chi connectivity index (χ0) is 10.8. The maximum Gasteiger partial charge on any atom is 0.0426 e. The molecule has 1 heterocycles. The van der Waals surface area contributed by atoms with Crippen molar-refractivity contribution >= 4 is 17.3 Å². The summed E-state index contributed by atoms with van der Waals surface area (Å²) in [7, 11) is 2.17. The summed E-state index contributed by atoms with van der Waals surface area (Å²) < 4.78 is 0. The van der Waals surface area contributed by atoms with E-state index < -0.39 is 0 Å². The molecule has 2 nitrogen and oxygen atoms in total. The van der Waals surface area contributed by atoms with E-state index in [1.807, 2.05) is 18.2 Å². The molecular formula is C12H17ClN2. The van der Waals surface area contributed by atoms with Crippen LogP contribution in [0.15, 0.2) is 24.3 Å². The first-order valence-electron chi connectivity index (χ1n) is 5.37. The Kier molecular flexibility index (Phi) is 3.17. The Morgan fingerprint density at radius 3 is 2.87 bits per heavy atom. The predicted octanol–water partition coefficient (Wildman–Crippen LogP) is 2.84. The van der Waals surface area contributed by atoms with Crippen LogP contribution in [0.3, 0.4) is 0 Å². The van der Waals surface area contributed by atoms with Crippen LogP contribution in [-0.2, 0) is 0 Å². The molecule has 1 aliphatic heterocycles. The summed E-state index contributed by atoms with van der Waals surface area (Å²) in [5, 5.41) is 4.31. The second kappa shape index (κ2) is 4.42. The van der Waals surface area contributed by atoms with E-state index in [0.717, 1.165) is 17.3 Å². The number of nitrogens with zero attached hydrogens (tertiary/aromatic N) is 1. The highest BCUT2D eigenvalue weighted by molar-refractivity contribution is 6.30. The average molecular weight is 225 g/mol. The fourth-order valence-corrected chi connectivity index (χ4v) is 2.30. The molecule has 0 bridgehead atoms. The van der Waals surface area contributed by atoms with Gasteiger partial charge in [-0.25, -0.2) is 0 Å². The van der Waals surface area contributed by atoms with Crippen molar-refractivity contribution in [1.82, 2.24) is 4.90 Å². The molecule has 1 aromatic rings. The number of benzene rings is 1. The summed E-state index contributed by atoms with van der Waals surface area (Å²) in [6, 6.07) is 9.13. The standard InChI is InChI=1S/C12H17ClN2/c1-9-6-12(8-15(9)2)14-11-5-3-4-10(13)7-11/h3-5,7,9,12,14H,6,8H2,1-2H3. The molecular weight excluding hydrogens is 208 g/mol. The van der Waals surface area contributed by atoms with Gasteiger partial charge in [-0.05, 0) is 38.6 Å². The number of nitrogens with one attached hydrogen (secondary N) is 1. The maximum absolute atomic E-state index is 5.94. The van der Waals surface area contributed by atoms with Gasteiger partial charge in [0.05, 0.1) is 0 Å². The topological polar surface area (TPSA) is 15.3 Å². The molecule has 0 aliphatic carbocycles. The summed E-state index contributed by atoms with van der Waals surface area (Å²) >= 11 is 5.94. The van der Waals surface area contributed by atoms with Crippen LogP contribution in [-0.4, -0.2) is 30.6 Å². The first-order chi connectivity index (χ1) is 7.15. The average Bonchev–Trinajstić information content (AvgIpc) is 2.45. The number of likely N-dealkylation sites (tertiary alicyclic amines) is 1. The molecule has 82 valence electrons. The van der Waals surface area contributed by atoms with Crippen LogP contribution in [0, 0.1) is 0 Å². The van der Waals surface area contributed by atoms with Gasteiger partial charge >= 0.3 is 0 Å². The highest BCUT2D eigenvalue weighted by Crippen LogP contribution is 2.21. The van der Waals surface area contributed by atoms with E-state index in [1.54, 1.807) is 0 Å². The quantitative estimate of drug-likeness (QED) is 0.831. The van der Waals surface area contributed by atoms with Crippen molar-refractivity contribution < 1.29 is 0 Å². The van der Waals surface area contributed by atoms with Gasteiger partial charge in [-0.1, -0.05) is 17.7 Å². The Hall–Kier alpha value is -0.730. The molecule has 1 fully saturated rings. The molecule has 15 heavy (non-hydrogen) atoms. The van der Waals surface area contributed by atoms with Crippen molar-refractivity contribution in [1.29, 1.82) is 0 Å². The third-order valence-corrected chi connectivity index (χ3v) is 3.32. The van der Waals surface area contributed by atoms with Crippen molar-refractivity contribution in [3.63, 3.8) is 0 Å². The van der Waals surface area contributed by atoms with Gasteiger partial charge in [0, 0.05) is 29.3 Å². The van der Waals surface area contributed by atoms with Crippen LogP contribution in [0.5, 0.6) is 0 Å². The van der Waals surface area contributed by atoms with Gasteiger partial charge < -0.3 is 10.2 Å². The lowest BCUT2D eigenvalue weighted by molar-refractivity contribution is 0.330. The fraction of sp³-hybridized carbons (Fsp3) is 0.500. The van der Waals surface area contributed by atoms with Crippen molar-refractivity contribution in [2.75, 3.05) is 18.9 Å². The van der Waals surface area contributed by atoms with Crippen LogP contribution in [0.1, 0.15) is 13.3 Å². The Labute approximate surface area is 96.2 Å². The van der Waals surface area contributed by atoms with Crippen molar-refractivity contribution in [3.8, 4) is 0 Å². The Morgan fingerprint density at radius 2 is 2.27 bits per heavy atom. The number of likely N-dealkylation sites (N-methyl/N-ethyl adjacent to an activating group) is 1. The summed E-state index contributed by atoms with van der Waals surface area (Å²) in [6.45, 7) is 3.37. The predicted molar refractivity (Wildman–Crippen MR) is 65.6 cm³/mol. The van der Waals surface area contributed by atoms with E-state index in [9.17, 15) is 0 Å². The molecule has 2 atom stereocenters. The van der Waals surface area contributed by atoms with E-state index in [4.69, 9.17) is 11.6 Å². The molecule has 1 saturated heterocycles. The van der Waals surface area contributed by atoms with E-state index in [0.29, 0.717) is 12.1 Å². The molecule has 2 rings (SSSR count). The van der Waals surface area contributed by atoms with Gasteiger partial charge in [-0.2, -0.15) is 0 Å². The second-order valence-corrected chi connectivity index (χ2v) is 4.81. The first kappa shape index (κ1) is 10.8. The number of hydrogen-bond acceptors (Lipinski definition) is 2. The molecule has 2 unspecified atom stereocenters. The van der Waals surface area contributed by atoms with Gasteiger partial charge in [-0.15, -0.1) is 0 Å². The second-order valence-electron chi connectivity index (χ2n) is 4.38. The van der Waals surface area contributed by atoms with Crippen molar-refractivity contribution in [3.05, 3.63) is 29.3 Å². The van der Waals surface area contributed by atoms with Crippen LogP contribution in [0.2, 0.25) is 5.02 Å². The lowest BCUT2D eigenvalue weighted by Crippen LogP contribution is -2.24. The van der Waals surface area contributed by atoms with Crippen molar-refractivity contribution in [2.24, 2.45) is 0 Å². The molecule has 1 aromatic carbocycles. The highest BCUT2D eigenvalue weighted by atomic mass is 35.5. The van der Waals surface area contributed by atoms with Crippen LogP contribution in [0.4, 0.5) is 5.69 Å². The molecule has 0 saturated carbocycles. The number of rotatable bonds is 2.